The number of carbonyl (C=O) groups is 1. The summed E-state index contributed by atoms with van der Waals surface area (Å²) in [6.45, 7) is 8.51. The molecular weight excluding hydrogens is 486 g/mol. The van der Waals surface area contributed by atoms with Crippen LogP contribution in [0.15, 0.2) is 48.5 Å². The van der Waals surface area contributed by atoms with E-state index in [1.54, 1.807) is 0 Å². The number of urea groups is 1. The van der Waals surface area contributed by atoms with Crippen molar-refractivity contribution in [2.24, 2.45) is 5.92 Å². The van der Waals surface area contributed by atoms with Crippen molar-refractivity contribution in [3.05, 3.63) is 65.2 Å². The first-order valence-corrected chi connectivity index (χ1v) is 13.6. The maximum Gasteiger partial charge on any atom is 0.319 e. The van der Waals surface area contributed by atoms with Crippen molar-refractivity contribution in [3.8, 4) is 0 Å². The van der Waals surface area contributed by atoms with Gasteiger partial charge in [-0.1, -0.05) is 43.3 Å². The van der Waals surface area contributed by atoms with Crippen molar-refractivity contribution < 1.29 is 28.8 Å². The fraction of sp³-hybridized carbons (Fsp3) is 0.552. The Labute approximate surface area is 224 Å². The van der Waals surface area contributed by atoms with E-state index < -0.39 is 12.1 Å². The number of piperidine rings is 1. The number of likely N-dealkylation sites (tertiary alicyclic amines) is 1. The summed E-state index contributed by atoms with van der Waals surface area (Å²) in [7, 11) is 0. The largest absolute Gasteiger partial charge is 0.392 e. The molecule has 9 heteroatoms. The monoisotopic (exact) mass is 525 g/mol. The Hall–Kier alpha value is -2.53. The van der Waals surface area contributed by atoms with Gasteiger partial charge >= 0.3 is 6.03 Å². The molecule has 0 bridgehead atoms. The summed E-state index contributed by atoms with van der Waals surface area (Å²) in [6.07, 6.45) is 0.855. The number of carbonyl (C=O) groups excluding carboxylic acids is 1. The molecule has 0 radical (unpaired) electrons. The van der Waals surface area contributed by atoms with E-state index in [0.717, 1.165) is 49.2 Å². The van der Waals surface area contributed by atoms with Crippen LogP contribution in [0.2, 0.25) is 0 Å². The standard InChI is InChI=1S/C29H39N3O6/c1-3-30-28(34)31-24-6-4-5-23(17-24)27-37-25(18-32-13-11-29(12-14-32)35-15-16-36-29)20(2)26(38-27)22-9-7-21(19-33)8-10-22/h4-10,17,20,25-27,33H,3,11-16,18-19H2,1-2H3,(H2,30,31,34)/t20-,25+,26+,27+/m1/s1. The minimum atomic E-state index is -0.590. The number of amides is 2. The molecule has 5 rings (SSSR count). The van der Waals surface area contributed by atoms with Gasteiger partial charge in [-0.05, 0) is 30.2 Å². The molecule has 3 N–H and O–H groups in total. The van der Waals surface area contributed by atoms with Crippen LogP contribution < -0.4 is 10.6 Å². The Morgan fingerprint density at radius 3 is 2.47 bits per heavy atom. The van der Waals surface area contributed by atoms with Crippen LogP contribution in [0.1, 0.15) is 55.8 Å². The van der Waals surface area contributed by atoms with Crippen molar-refractivity contribution in [3.63, 3.8) is 0 Å². The van der Waals surface area contributed by atoms with E-state index in [1.165, 1.54) is 0 Å². The predicted octanol–water partition coefficient (Wildman–Crippen LogP) is 3.95. The third-order valence-electron chi connectivity index (χ3n) is 7.75. The molecule has 0 saturated carbocycles. The summed E-state index contributed by atoms with van der Waals surface area (Å²) in [6, 6.07) is 15.3. The lowest BCUT2D eigenvalue weighted by Crippen LogP contribution is -2.50. The lowest BCUT2D eigenvalue weighted by atomic mass is 9.89. The maximum atomic E-state index is 12.1. The second-order valence-electron chi connectivity index (χ2n) is 10.3. The summed E-state index contributed by atoms with van der Waals surface area (Å²) in [4.78, 5) is 14.5. The molecule has 1 spiro atoms. The molecule has 4 atom stereocenters. The van der Waals surface area contributed by atoms with Crippen LogP contribution in [0.4, 0.5) is 10.5 Å². The molecule has 3 heterocycles. The van der Waals surface area contributed by atoms with Crippen molar-refractivity contribution in [2.45, 2.75) is 57.6 Å². The molecule has 2 amide bonds. The summed E-state index contributed by atoms with van der Waals surface area (Å²) >= 11 is 0. The number of benzene rings is 2. The first-order chi connectivity index (χ1) is 18.5. The number of aliphatic hydroxyl groups excluding tert-OH is 1. The Bertz CT molecular complexity index is 1060. The van der Waals surface area contributed by atoms with Crippen LogP contribution in [-0.4, -0.2) is 67.3 Å². The topological polar surface area (TPSA) is 102 Å². The van der Waals surface area contributed by atoms with E-state index >= 15 is 0 Å². The Morgan fingerprint density at radius 2 is 1.79 bits per heavy atom. The number of nitrogens with one attached hydrogen (secondary N) is 2. The van der Waals surface area contributed by atoms with Gasteiger partial charge in [0.15, 0.2) is 12.1 Å². The molecule has 2 aromatic carbocycles. The fourth-order valence-electron chi connectivity index (χ4n) is 5.54. The van der Waals surface area contributed by atoms with Gasteiger partial charge in [0.2, 0.25) is 0 Å². The molecular formula is C29H39N3O6. The molecule has 2 aromatic rings. The van der Waals surface area contributed by atoms with Crippen LogP contribution >= 0.6 is 0 Å². The average Bonchev–Trinajstić information content (AvgIpc) is 3.39. The first kappa shape index (κ1) is 27.1. The van der Waals surface area contributed by atoms with Gasteiger partial charge in [-0.25, -0.2) is 4.79 Å². The smallest absolute Gasteiger partial charge is 0.319 e. The van der Waals surface area contributed by atoms with Crippen LogP contribution in [-0.2, 0) is 25.6 Å². The van der Waals surface area contributed by atoms with Crippen LogP contribution in [0.5, 0.6) is 0 Å². The maximum absolute atomic E-state index is 12.1. The third kappa shape index (κ3) is 6.20. The normalized spacial score (nSPS) is 27.3. The van der Waals surface area contributed by atoms with Gasteiger partial charge in [0, 0.05) is 56.2 Å². The molecule has 3 fully saturated rings. The van der Waals surface area contributed by atoms with Crippen LogP contribution in [0, 0.1) is 5.92 Å². The Morgan fingerprint density at radius 1 is 1.05 bits per heavy atom. The zero-order chi connectivity index (χ0) is 26.5. The quantitative estimate of drug-likeness (QED) is 0.503. The van der Waals surface area contributed by atoms with E-state index in [4.69, 9.17) is 18.9 Å². The summed E-state index contributed by atoms with van der Waals surface area (Å²) < 4.78 is 25.0. The van der Waals surface area contributed by atoms with Crippen molar-refractivity contribution in [1.82, 2.24) is 10.2 Å². The summed E-state index contributed by atoms with van der Waals surface area (Å²) in [5.74, 6) is -0.312. The van der Waals surface area contributed by atoms with Gasteiger partial charge < -0.3 is 39.6 Å². The summed E-state index contributed by atoms with van der Waals surface area (Å²) in [5, 5.41) is 15.1. The molecule has 9 nitrogen and oxygen atoms in total. The zero-order valence-corrected chi connectivity index (χ0v) is 22.2. The Balaban J connectivity index is 1.34. The van der Waals surface area contributed by atoms with Crippen molar-refractivity contribution >= 4 is 11.7 Å². The van der Waals surface area contributed by atoms with Crippen LogP contribution in [0.25, 0.3) is 0 Å². The highest BCUT2D eigenvalue weighted by Crippen LogP contribution is 2.42. The van der Waals surface area contributed by atoms with E-state index in [-0.39, 0.29) is 30.8 Å². The van der Waals surface area contributed by atoms with Crippen molar-refractivity contribution in [2.75, 3.05) is 44.7 Å². The first-order valence-electron chi connectivity index (χ1n) is 13.6. The molecule has 0 unspecified atom stereocenters. The van der Waals surface area contributed by atoms with E-state index in [2.05, 4.69) is 22.5 Å². The molecule has 38 heavy (non-hydrogen) atoms. The van der Waals surface area contributed by atoms with E-state index in [1.807, 2.05) is 55.5 Å². The van der Waals surface area contributed by atoms with Crippen LogP contribution in [0.3, 0.4) is 0 Å². The Kier molecular flexibility index (Phi) is 8.62. The summed E-state index contributed by atoms with van der Waals surface area (Å²) in [5.41, 5.74) is 3.44. The molecule has 3 aliphatic heterocycles. The minimum Gasteiger partial charge on any atom is -0.392 e. The highest BCUT2D eigenvalue weighted by Gasteiger charge is 2.43. The zero-order valence-electron chi connectivity index (χ0n) is 22.2. The lowest BCUT2D eigenvalue weighted by Gasteiger charge is -2.44. The number of rotatable bonds is 7. The molecule has 3 saturated heterocycles. The number of ether oxygens (including phenoxy) is 4. The third-order valence-corrected chi connectivity index (χ3v) is 7.75. The van der Waals surface area contributed by atoms with Gasteiger partial charge in [-0.15, -0.1) is 0 Å². The van der Waals surface area contributed by atoms with Gasteiger partial charge in [-0.3, -0.25) is 0 Å². The number of nitrogens with zero attached hydrogens (tertiary/aromatic N) is 1. The highest BCUT2D eigenvalue weighted by molar-refractivity contribution is 5.89. The lowest BCUT2D eigenvalue weighted by molar-refractivity contribution is -0.278. The number of hydrogen-bond acceptors (Lipinski definition) is 7. The number of anilines is 1. The second-order valence-corrected chi connectivity index (χ2v) is 10.3. The fourth-order valence-corrected chi connectivity index (χ4v) is 5.54. The SMILES string of the molecule is CCNC(=O)Nc1cccc([C@H]2O[C@@H](CN3CCC4(CC3)OCCO4)[C@@H](C)[C@@H](c3ccc(CO)cc3)O2)c1. The van der Waals surface area contributed by atoms with E-state index in [0.29, 0.717) is 25.4 Å². The molecule has 0 aromatic heterocycles. The molecule has 3 aliphatic rings. The predicted molar refractivity (Wildman–Crippen MR) is 142 cm³/mol. The molecule has 0 aliphatic carbocycles. The average molecular weight is 526 g/mol. The minimum absolute atomic E-state index is 0.00496. The second kappa shape index (κ2) is 12.1. The highest BCUT2D eigenvalue weighted by atomic mass is 16.7. The number of hydrogen-bond donors (Lipinski definition) is 3. The molecule has 206 valence electrons. The number of aliphatic hydroxyl groups is 1. The van der Waals surface area contributed by atoms with Gasteiger partial charge in [0.1, 0.15) is 0 Å². The van der Waals surface area contributed by atoms with Gasteiger partial charge in [0.25, 0.3) is 0 Å². The van der Waals surface area contributed by atoms with E-state index in [9.17, 15) is 9.90 Å². The van der Waals surface area contributed by atoms with Crippen molar-refractivity contribution in [1.29, 1.82) is 0 Å². The van der Waals surface area contributed by atoms with Gasteiger partial charge in [0.05, 0.1) is 32.0 Å². The van der Waals surface area contributed by atoms with Gasteiger partial charge in [-0.2, -0.15) is 0 Å².